The van der Waals surface area contributed by atoms with Crippen molar-refractivity contribution in [3.05, 3.63) is 285 Å². The van der Waals surface area contributed by atoms with Crippen molar-refractivity contribution in [1.82, 2.24) is 34.9 Å². The number of carbonyl (C=O) groups is 1. The Kier molecular flexibility index (Phi) is 24.9. The molecule has 0 fully saturated rings. The molecule has 14 rings (SSSR count). The highest BCUT2D eigenvalue weighted by Gasteiger charge is 2.10. The number of fused-ring (bicyclic) bond motifs is 7. The number of carbonyl (C=O) groups excluding carboxylic acids is 1. The number of aliphatic hydroxyl groups is 1. The van der Waals surface area contributed by atoms with E-state index in [4.69, 9.17) is 21.4 Å². The number of aldehydes is 1. The first-order valence-electron chi connectivity index (χ1n) is 26.8. The number of nitro groups is 1. The van der Waals surface area contributed by atoms with Crippen molar-refractivity contribution in [2.45, 2.75) is 18.0 Å². The van der Waals surface area contributed by atoms with Crippen LogP contribution in [-0.4, -0.2) is 51.2 Å². The van der Waals surface area contributed by atoms with Crippen LogP contribution in [-0.2, 0) is 11.0 Å². The quantitative estimate of drug-likeness (QED) is 0.0416. The van der Waals surface area contributed by atoms with E-state index in [2.05, 4.69) is 174 Å². The normalized spacial score (nSPS) is 10.2. The number of nitro benzene ring substituents is 1. The SMILES string of the molecule is Brc1ccc2ncccc2c1CI.Cc1c(Br)ccc2ncccc12.N#Cc1c(Br)ccc2ncccc12.N#Cc1c(N)ccc2ncccc12.O=Cc1c(Br)ccc2ncccc12.O=[N+]([O-])c1ccc2ncccc2c1.OCc1c(Br)ccc2ncccc12. The van der Waals surface area contributed by atoms with Crippen LogP contribution in [0.2, 0.25) is 0 Å². The molecule has 0 radical (unpaired) electrons. The molecule has 0 aliphatic carbocycles. The molecule has 0 unspecified atom stereocenters. The topological polar surface area (TPSA) is 244 Å². The summed E-state index contributed by atoms with van der Waals surface area (Å²) in [6.07, 6.45) is 13.0. The Bertz CT molecular complexity index is 4820. The number of pyridine rings is 7. The Morgan fingerprint density at radius 1 is 0.489 bits per heavy atom. The van der Waals surface area contributed by atoms with Crippen molar-refractivity contribution in [3.63, 3.8) is 0 Å². The molecular weight excluding hydrogens is 1570 g/mol. The number of benzene rings is 7. The van der Waals surface area contributed by atoms with E-state index in [0.717, 1.165) is 99.7 Å². The van der Waals surface area contributed by atoms with Gasteiger partial charge in [0.25, 0.3) is 5.69 Å². The van der Waals surface area contributed by atoms with Gasteiger partial charge in [-0.3, -0.25) is 49.8 Å². The van der Waals surface area contributed by atoms with E-state index in [-0.39, 0.29) is 12.3 Å². The Hall–Kier alpha value is -8.65. The zero-order chi connectivity index (χ0) is 64.1. The van der Waals surface area contributed by atoms with Crippen molar-refractivity contribution in [2.24, 2.45) is 0 Å². The largest absolute Gasteiger partial charge is 0.398 e. The number of nitriles is 2. The molecule has 0 amide bonds. The van der Waals surface area contributed by atoms with Gasteiger partial charge >= 0.3 is 0 Å². The monoisotopic (exact) mass is 1610 g/mol. The number of non-ortho nitro benzene ring substituents is 1. The third-order valence-corrected chi connectivity index (χ3v) is 17.9. The van der Waals surface area contributed by atoms with E-state index in [9.17, 15) is 14.9 Å². The Morgan fingerprint density at radius 3 is 1.37 bits per heavy atom. The minimum atomic E-state index is -0.410. The minimum absolute atomic E-state index is 0.0314. The van der Waals surface area contributed by atoms with Gasteiger partial charge in [-0.2, -0.15) is 10.5 Å². The summed E-state index contributed by atoms with van der Waals surface area (Å²) in [5, 5.41) is 44.2. The highest BCUT2D eigenvalue weighted by molar-refractivity contribution is 14.1. The Morgan fingerprint density at radius 2 is 0.867 bits per heavy atom. The lowest BCUT2D eigenvalue weighted by Crippen LogP contribution is -1.91. The lowest BCUT2D eigenvalue weighted by atomic mass is 10.1. The van der Waals surface area contributed by atoms with Crippen molar-refractivity contribution >= 4 is 196 Å². The molecular formula is C69H47Br5IN11O4. The number of aryl methyl sites for hydroxylation is 1. The maximum absolute atomic E-state index is 10.8. The number of anilines is 1. The summed E-state index contributed by atoms with van der Waals surface area (Å²) in [6.45, 7) is 2.12. The van der Waals surface area contributed by atoms with Crippen LogP contribution < -0.4 is 5.73 Å². The molecule has 0 spiro atoms. The fourth-order valence-electron chi connectivity index (χ4n) is 8.92. The molecule has 3 N–H and O–H groups in total. The van der Waals surface area contributed by atoms with Gasteiger partial charge in [0, 0.05) is 131 Å². The zero-order valence-corrected chi connectivity index (χ0v) is 57.4. The molecule has 14 aromatic rings. The standard InChI is InChI=1S/C10H7BrIN.C10H5BrN2.C10H8BrNO.C10H6BrNO.C10H8BrN.C10H7N3.C9H6N2O2/c2*11-9-3-4-10-7(8(9)6-12)2-1-5-13-10;2*11-9-3-4-10-7(8(9)6-13)2-1-5-12-10;1-7-8-3-2-6-12-10(8)5-4-9(7)11;11-6-8-7-2-1-5-13-10(7)4-3-9(8)12;12-11(13)8-3-4-9-7(6-8)2-1-5-10-9/h1-5H,6H2;1-5H;1-5,13H,6H2;1-6H;2-6H,1H3;1-5H,12H2;1-6H. The highest BCUT2D eigenvalue weighted by Crippen LogP contribution is 2.30. The summed E-state index contributed by atoms with van der Waals surface area (Å²) in [6, 6.07) is 58.4. The second-order valence-electron chi connectivity index (χ2n) is 18.8. The van der Waals surface area contributed by atoms with Crippen LogP contribution >= 0.6 is 102 Å². The molecule has 444 valence electrons. The predicted octanol–water partition coefficient (Wildman–Crippen LogP) is 19.2. The lowest BCUT2D eigenvalue weighted by molar-refractivity contribution is -0.384. The smallest absolute Gasteiger partial charge is 0.270 e. The van der Waals surface area contributed by atoms with Gasteiger partial charge in [0.15, 0.2) is 6.29 Å². The van der Waals surface area contributed by atoms with Crippen LogP contribution in [0.1, 0.15) is 38.2 Å². The summed E-state index contributed by atoms with van der Waals surface area (Å²) in [4.78, 5) is 50.1. The maximum Gasteiger partial charge on any atom is 0.270 e. The number of aromatic nitrogens is 7. The molecule has 0 atom stereocenters. The van der Waals surface area contributed by atoms with Crippen LogP contribution in [0.5, 0.6) is 0 Å². The zero-order valence-electron chi connectivity index (χ0n) is 47.3. The van der Waals surface area contributed by atoms with Crippen LogP contribution in [0.25, 0.3) is 76.3 Å². The number of alkyl halides is 1. The van der Waals surface area contributed by atoms with E-state index >= 15 is 0 Å². The van der Waals surface area contributed by atoms with Gasteiger partial charge in [-0.25, -0.2) is 0 Å². The van der Waals surface area contributed by atoms with E-state index in [0.29, 0.717) is 22.4 Å². The van der Waals surface area contributed by atoms with Crippen molar-refractivity contribution < 1.29 is 14.8 Å². The van der Waals surface area contributed by atoms with Gasteiger partial charge in [-0.05, 0) is 167 Å². The molecule has 90 heavy (non-hydrogen) atoms. The number of rotatable bonds is 4. The molecule has 0 saturated heterocycles. The second-order valence-corrected chi connectivity index (χ2v) is 23.9. The second kappa shape index (κ2) is 33.3. The van der Waals surface area contributed by atoms with E-state index in [1.54, 1.807) is 61.3 Å². The predicted molar refractivity (Wildman–Crippen MR) is 385 cm³/mol. The summed E-state index contributed by atoms with van der Waals surface area (Å²) >= 11 is 19.4. The highest BCUT2D eigenvalue weighted by atomic mass is 127. The van der Waals surface area contributed by atoms with E-state index < -0.39 is 4.92 Å². The molecule has 21 heteroatoms. The van der Waals surface area contributed by atoms with Gasteiger partial charge in [-0.1, -0.05) is 117 Å². The molecule has 0 bridgehead atoms. The summed E-state index contributed by atoms with van der Waals surface area (Å²) < 4.78 is 5.86. The van der Waals surface area contributed by atoms with Crippen LogP contribution in [0.3, 0.4) is 0 Å². The number of nitrogens with zero attached hydrogens (tertiary/aromatic N) is 10. The molecule has 7 heterocycles. The molecule has 7 aromatic heterocycles. The number of hydrogen-bond donors (Lipinski definition) is 2. The van der Waals surface area contributed by atoms with E-state index in [1.165, 1.54) is 38.5 Å². The lowest BCUT2D eigenvalue weighted by Gasteiger charge is -2.04. The van der Waals surface area contributed by atoms with Gasteiger partial charge in [0.2, 0.25) is 0 Å². The van der Waals surface area contributed by atoms with Crippen LogP contribution in [0.15, 0.2) is 242 Å². The number of nitrogen functional groups attached to an aromatic ring is 1. The van der Waals surface area contributed by atoms with Gasteiger partial charge in [0.1, 0.15) is 12.1 Å². The van der Waals surface area contributed by atoms with Crippen molar-refractivity contribution in [3.8, 4) is 12.1 Å². The summed E-state index contributed by atoms with van der Waals surface area (Å²) in [5.41, 5.74) is 17.8. The number of aliphatic hydroxyl groups excluding tert-OH is 1. The van der Waals surface area contributed by atoms with Crippen molar-refractivity contribution in [1.29, 1.82) is 10.5 Å². The van der Waals surface area contributed by atoms with Gasteiger partial charge < -0.3 is 10.8 Å². The van der Waals surface area contributed by atoms with Gasteiger partial charge in [0.05, 0.1) is 67.0 Å². The molecule has 0 aliphatic rings. The van der Waals surface area contributed by atoms with Crippen LogP contribution in [0.4, 0.5) is 11.4 Å². The summed E-state index contributed by atoms with van der Waals surface area (Å²) in [5.74, 6) is 0. The first-order chi connectivity index (χ1) is 43.7. The minimum Gasteiger partial charge on any atom is -0.398 e. The third kappa shape index (κ3) is 17.0. The first kappa shape index (κ1) is 67.3. The van der Waals surface area contributed by atoms with Crippen LogP contribution in [0, 0.1) is 39.7 Å². The Balaban J connectivity index is 0.000000136. The number of hydrogen-bond acceptors (Lipinski definition) is 14. The fourth-order valence-corrected chi connectivity index (χ4v) is 12.4. The average molecular weight is 1620 g/mol. The average Bonchev–Trinajstić information content (AvgIpc) is 3.59. The Labute approximate surface area is 572 Å². The van der Waals surface area contributed by atoms with E-state index in [1.807, 2.05) is 128 Å². The number of nitrogens with two attached hydrogens (primary N) is 1. The molecule has 0 saturated carbocycles. The number of halogens is 6. The molecule has 15 nitrogen and oxygen atoms in total. The summed E-state index contributed by atoms with van der Waals surface area (Å²) in [7, 11) is 0. The first-order valence-corrected chi connectivity index (χ1v) is 32.3. The molecule has 7 aromatic carbocycles. The maximum atomic E-state index is 10.8. The van der Waals surface area contributed by atoms with Gasteiger partial charge in [-0.15, -0.1) is 0 Å². The molecule has 0 aliphatic heterocycles. The third-order valence-electron chi connectivity index (χ3n) is 13.4. The fraction of sp³-hybridized carbons (Fsp3) is 0.0435. The van der Waals surface area contributed by atoms with Crippen molar-refractivity contribution in [2.75, 3.05) is 5.73 Å².